The molecule has 10 nitrogen and oxygen atoms in total. The van der Waals surface area contributed by atoms with Crippen molar-refractivity contribution in [3.05, 3.63) is 28.0 Å². The second-order valence-electron chi connectivity index (χ2n) is 9.94. The molecule has 4 rings (SSSR count). The van der Waals surface area contributed by atoms with Crippen molar-refractivity contribution >= 4 is 6.09 Å². The molecule has 2 N–H and O–H groups in total. The maximum Gasteiger partial charge on any atom is 0.438 e. The van der Waals surface area contributed by atoms with Gasteiger partial charge in [0.1, 0.15) is 5.60 Å². The number of carbonyl (C=O) groups is 1. The summed E-state index contributed by atoms with van der Waals surface area (Å²) in [4.78, 5) is 27.9. The summed E-state index contributed by atoms with van der Waals surface area (Å²) in [5.74, 6) is -0.403. The van der Waals surface area contributed by atoms with Crippen LogP contribution in [-0.4, -0.2) is 75.5 Å². The lowest BCUT2D eigenvalue weighted by Crippen LogP contribution is -2.62. The van der Waals surface area contributed by atoms with Crippen LogP contribution in [0.4, 0.5) is 4.79 Å². The zero-order valence-electron chi connectivity index (χ0n) is 20.0. The average Bonchev–Trinajstić information content (AvgIpc) is 3.63. The molecule has 1 aromatic heterocycles. The van der Waals surface area contributed by atoms with Gasteiger partial charge in [-0.2, -0.15) is 0 Å². The summed E-state index contributed by atoms with van der Waals surface area (Å²) in [6.07, 6.45) is 3.82. The molecule has 0 unspecified atom stereocenters. The number of nitrogens with zero attached hydrogens (tertiary/aromatic N) is 2. The predicted molar refractivity (Wildman–Crippen MR) is 118 cm³/mol. The van der Waals surface area contributed by atoms with Gasteiger partial charge in [-0.3, -0.25) is 14.4 Å². The Balaban J connectivity index is 1.61. The van der Waals surface area contributed by atoms with E-state index >= 15 is 0 Å². The van der Waals surface area contributed by atoms with Gasteiger partial charge in [0.25, 0.3) is 0 Å². The zero-order chi connectivity index (χ0) is 24.0. The summed E-state index contributed by atoms with van der Waals surface area (Å²) < 4.78 is 22.9. The van der Waals surface area contributed by atoms with Crippen LogP contribution in [0.3, 0.4) is 0 Å². The number of amides is 1. The first-order chi connectivity index (χ1) is 15.6. The van der Waals surface area contributed by atoms with Crippen molar-refractivity contribution in [1.82, 2.24) is 15.0 Å². The van der Waals surface area contributed by atoms with Crippen LogP contribution < -0.4 is 5.76 Å². The van der Waals surface area contributed by atoms with Gasteiger partial charge in [-0.25, -0.2) is 9.59 Å². The van der Waals surface area contributed by atoms with Gasteiger partial charge < -0.3 is 19.3 Å². The topological polar surface area (TPSA) is 134 Å². The fraction of sp³-hybridized carbons (Fsp3) is 0.783. The number of carboxylic acid groups (broad SMARTS) is 1. The van der Waals surface area contributed by atoms with Crippen LogP contribution >= 0.6 is 0 Å². The number of allylic oxidation sites excluding steroid dienone is 1. The Labute approximate surface area is 193 Å². The predicted octanol–water partition coefficient (Wildman–Crippen LogP) is 2.74. The molecule has 3 fully saturated rings. The number of nitrogens with one attached hydrogen (secondary N) is 1. The number of epoxide rings is 2. The Kier molecular flexibility index (Phi) is 6.45. The van der Waals surface area contributed by atoms with E-state index in [1.807, 2.05) is 6.92 Å². The molecular formula is C23H35N3O7. The number of ether oxygens (including phenoxy) is 3. The highest BCUT2D eigenvalue weighted by Gasteiger charge is 2.72. The molecule has 1 aliphatic carbocycles. The van der Waals surface area contributed by atoms with Crippen LogP contribution in [0.2, 0.25) is 0 Å². The van der Waals surface area contributed by atoms with Crippen LogP contribution in [0, 0.1) is 5.92 Å². The second kappa shape index (κ2) is 8.88. The molecule has 3 aliphatic rings. The molecule has 1 amide bonds. The van der Waals surface area contributed by atoms with E-state index in [0.29, 0.717) is 25.3 Å². The molecule has 33 heavy (non-hydrogen) atoms. The fourth-order valence-electron chi connectivity index (χ4n) is 5.84. The van der Waals surface area contributed by atoms with Gasteiger partial charge in [0.05, 0.1) is 30.5 Å². The summed E-state index contributed by atoms with van der Waals surface area (Å²) >= 11 is 0. The van der Waals surface area contributed by atoms with Crippen molar-refractivity contribution < 1.29 is 28.6 Å². The molecule has 10 heteroatoms. The van der Waals surface area contributed by atoms with Crippen LogP contribution in [0.15, 0.2) is 21.0 Å². The van der Waals surface area contributed by atoms with Gasteiger partial charge in [-0.1, -0.05) is 23.7 Å². The van der Waals surface area contributed by atoms with Gasteiger partial charge in [0, 0.05) is 25.5 Å². The molecule has 1 aromatic rings. The first-order valence-electron chi connectivity index (χ1n) is 11.7. The van der Waals surface area contributed by atoms with E-state index in [1.165, 1.54) is 10.5 Å². The summed E-state index contributed by atoms with van der Waals surface area (Å²) in [6.45, 7) is 8.80. The molecular weight excluding hydrogens is 430 g/mol. The number of aromatic amines is 1. The minimum atomic E-state index is -1.02. The maximum atomic E-state index is 12.5. The quantitative estimate of drug-likeness (QED) is 0.420. The average molecular weight is 466 g/mol. The highest BCUT2D eigenvalue weighted by molar-refractivity contribution is 5.66. The van der Waals surface area contributed by atoms with Gasteiger partial charge in [0.2, 0.25) is 0 Å². The van der Waals surface area contributed by atoms with Crippen molar-refractivity contribution in [3.8, 4) is 0 Å². The van der Waals surface area contributed by atoms with Gasteiger partial charge in [0.15, 0.2) is 5.82 Å². The SMILES string of the molecule is CC[C@@H](Cc1noc(=O)[nH]1)N(C(=O)O)[C@@H]1CC[C@]2(CO2)[C@@H]([C@@]2(C)O[C@@H]2CC=C(C)C)[C@@H]1OC. The van der Waals surface area contributed by atoms with E-state index in [0.717, 1.165) is 12.8 Å². The van der Waals surface area contributed by atoms with E-state index in [4.69, 9.17) is 14.2 Å². The lowest BCUT2D eigenvalue weighted by atomic mass is 9.67. The molecule has 0 bridgehead atoms. The smallest absolute Gasteiger partial charge is 0.438 e. The lowest BCUT2D eigenvalue weighted by molar-refractivity contribution is -0.0988. The summed E-state index contributed by atoms with van der Waals surface area (Å²) in [7, 11) is 1.64. The Hall–Kier alpha value is -2.17. The summed E-state index contributed by atoms with van der Waals surface area (Å²) in [6, 6.07) is -0.767. The molecule has 2 saturated heterocycles. The molecule has 184 valence electrons. The Bertz CT molecular complexity index is 948. The van der Waals surface area contributed by atoms with Gasteiger partial charge in [-0.15, -0.1) is 0 Å². The largest absolute Gasteiger partial charge is 0.465 e. The highest BCUT2D eigenvalue weighted by Crippen LogP contribution is 2.60. The zero-order valence-corrected chi connectivity index (χ0v) is 20.0. The third-order valence-electron chi connectivity index (χ3n) is 7.62. The Morgan fingerprint density at radius 1 is 1.45 bits per heavy atom. The number of hydrogen-bond donors (Lipinski definition) is 2. The van der Waals surface area contributed by atoms with Crippen molar-refractivity contribution in [2.45, 2.75) is 95.3 Å². The van der Waals surface area contributed by atoms with Crippen LogP contribution in [0.5, 0.6) is 0 Å². The highest BCUT2D eigenvalue weighted by atomic mass is 16.6. The van der Waals surface area contributed by atoms with E-state index < -0.39 is 23.5 Å². The van der Waals surface area contributed by atoms with E-state index in [-0.39, 0.29) is 36.2 Å². The minimum absolute atomic E-state index is 0.0512. The number of H-pyrrole nitrogens is 1. The van der Waals surface area contributed by atoms with Crippen molar-refractivity contribution in [2.24, 2.45) is 5.92 Å². The van der Waals surface area contributed by atoms with Crippen molar-refractivity contribution in [2.75, 3.05) is 13.7 Å². The number of hydrogen-bond acceptors (Lipinski definition) is 7. The van der Waals surface area contributed by atoms with Crippen LogP contribution in [0.25, 0.3) is 0 Å². The molecule has 3 heterocycles. The maximum absolute atomic E-state index is 12.5. The Morgan fingerprint density at radius 3 is 2.70 bits per heavy atom. The third-order valence-corrected chi connectivity index (χ3v) is 7.62. The number of aromatic nitrogens is 2. The number of methoxy groups -OCH3 is 1. The number of rotatable bonds is 9. The van der Waals surface area contributed by atoms with Crippen molar-refractivity contribution in [1.29, 1.82) is 0 Å². The third kappa shape index (κ3) is 4.48. The molecule has 7 atom stereocenters. The Morgan fingerprint density at radius 2 is 2.18 bits per heavy atom. The van der Waals surface area contributed by atoms with E-state index in [2.05, 4.69) is 41.5 Å². The lowest BCUT2D eigenvalue weighted by Gasteiger charge is -2.48. The second-order valence-corrected chi connectivity index (χ2v) is 9.94. The summed E-state index contributed by atoms with van der Waals surface area (Å²) in [5, 5.41) is 14.0. The van der Waals surface area contributed by atoms with Crippen LogP contribution in [-0.2, 0) is 20.6 Å². The minimum Gasteiger partial charge on any atom is -0.465 e. The molecule has 1 spiro atoms. The summed E-state index contributed by atoms with van der Waals surface area (Å²) in [5.41, 5.74) is 0.476. The van der Waals surface area contributed by atoms with Gasteiger partial charge in [-0.05, 0) is 46.5 Å². The molecule has 1 saturated carbocycles. The van der Waals surface area contributed by atoms with Gasteiger partial charge >= 0.3 is 11.8 Å². The molecule has 0 radical (unpaired) electrons. The van der Waals surface area contributed by atoms with Crippen molar-refractivity contribution in [3.63, 3.8) is 0 Å². The monoisotopic (exact) mass is 465 g/mol. The molecule has 2 aliphatic heterocycles. The fourth-order valence-corrected chi connectivity index (χ4v) is 5.84. The first kappa shape index (κ1) is 24.0. The van der Waals surface area contributed by atoms with E-state index in [1.54, 1.807) is 7.11 Å². The first-order valence-corrected chi connectivity index (χ1v) is 11.7. The molecule has 0 aromatic carbocycles. The van der Waals surface area contributed by atoms with Crippen LogP contribution in [0.1, 0.15) is 59.2 Å². The van der Waals surface area contributed by atoms with E-state index in [9.17, 15) is 14.7 Å². The standard InChI is InChI=1S/C23H35N3O7/c1-6-14(11-17-24-20(27)33-25-17)26(21(28)29)15-9-10-23(12-31-23)19(18(15)30-5)22(4)16(32-22)8-7-13(2)3/h7,14-16,18-19H,6,8-12H2,1-5H3,(H,28,29)(H,24,25,27)/t14-,15+,16+,18+,19+,22-,23-/m0/s1. The normalized spacial score (nSPS) is 35.8.